The summed E-state index contributed by atoms with van der Waals surface area (Å²) < 4.78 is 0. The lowest BCUT2D eigenvalue weighted by molar-refractivity contribution is -0.120. The first-order chi connectivity index (χ1) is 15.2. The molecule has 1 aliphatic heterocycles. The monoisotopic (exact) mass is 424 g/mol. The second-order valence-corrected chi connectivity index (χ2v) is 8.72. The predicted molar refractivity (Wildman–Crippen MR) is 131 cm³/mol. The largest absolute Gasteiger partial charge is 0.350 e. The Morgan fingerprint density at radius 3 is 2.03 bits per heavy atom. The molecule has 0 bridgehead atoms. The molecule has 4 rings (SSSR count). The van der Waals surface area contributed by atoms with Crippen molar-refractivity contribution in [3.05, 3.63) is 99.2 Å². The first-order valence-corrected chi connectivity index (χ1v) is 10.8. The van der Waals surface area contributed by atoms with Gasteiger partial charge in [0.1, 0.15) is 5.70 Å². The summed E-state index contributed by atoms with van der Waals surface area (Å²) in [5.74, 6) is -0.644. The highest BCUT2D eigenvalue weighted by atomic mass is 16.2. The minimum atomic E-state index is -0.337. The van der Waals surface area contributed by atoms with Gasteiger partial charge in [-0.25, -0.2) is 4.90 Å². The van der Waals surface area contributed by atoms with Gasteiger partial charge >= 0.3 is 0 Å². The molecule has 1 heterocycles. The summed E-state index contributed by atoms with van der Waals surface area (Å²) in [5.41, 5.74) is 9.21. The van der Waals surface area contributed by atoms with Crippen LogP contribution >= 0.6 is 0 Å². The summed E-state index contributed by atoms with van der Waals surface area (Å²) in [6.07, 6.45) is 0. The molecule has 4 nitrogen and oxygen atoms in total. The Hall–Kier alpha value is -3.66. The fraction of sp³-hybridized carbons (Fsp3) is 0.214. The molecule has 1 aliphatic rings. The molecule has 0 aromatic heterocycles. The van der Waals surface area contributed by atoms with Crippen LogP contribution in [0.3, 0.4) is 0 Å². The van der Waals surface area contributed by atoms with Gasteiger partial charge in [0.25, 0.3) is 11.8 Å². The Morgan fingerprint density at radius 2 is 1.38 bits per heavy atom. The molecule has 3 aromatic rings. The zero-order chi connectivity index (χ0) is 23.2. The maximum atomic E-state index is 13.7. The van der Waals surface area contributed by atoms with E-state index in [4.69, 9.17) is 0 Å². The molecular weight excluding hydrogens is 396 g/mol. The molecule has 3 aromatic carbocycles. The molecular formula is C28H28N2O2. The zero-order valence-corrected chi connectivity index (χ0v) is 19.5. The predicted octanol–water partition coefficient (Wildman–Crippen LogP) is 5.93. The summed E-state index contributed by atoms with van der Waals surface area (Å²) in [6.45, 7) is 12.0. The van der Waals surface area contributed by atoms with Crippen LogP contribution in [0.25, 0.3) is 5.57 Å². The van der Waals surface area contributed by atoms with E-state index >= 15 is 0 Å². The van der Waals surface area contributed by atoms with Gasteiger partial charge in [0.05, 0.1) is 11.3 Å². The summed E-state index contributed by atoms with van der Waals surface area (Å²) >= 11 is 0. The molecule has 0 fully saturated rings. The van der Waals surface area contributed by atoms with Crippen LogP contribution in [0.4, 0.5) is 11.4 Å². The molecule has 32 heavy (non-hydrogen) atoms. The molecule has 0 aliphatic carbocycles. The van der Waals surface area contributed by atoms with Crippen molar-refractivity contribution < 1.29 is 9.59 Å². The summed E-state index contributed by atoms with van der Waals surface area (Å²) in [5, 5.41) is 3.29. The van der Waals surface area contributed by atoms with Gasteiger partial charge in [-0.1, -0.05) is 36.4 Å². The molecule has 162 valence electrons. The van der Waals surface area contributed by atoms with Crippen LogP contribution in [0.5, 0.6) is 0 Å². The second kappa shape index (κ2) is 8.12. The van der Waals surface area contributed by atoms with Crippen LogP contribution in [0.2, 0.25) is 0 Å². The number of nitrogens with one attached hydrogen (secondary N) is 1. The van der Waals surface area contributed by atoms with Crippen molar-refractivity contribution in [3.8, 4) is 0 Å². The van der Waals surface area contributed by atoms with Crippen LogP contribution in [0.15, 0.2) is 60.3 Å². The fourth-order valence-corrected chi connectivity index (χ4v) is 4.20. The van der Waals surface area contributed by atoms with Crippen molar-refractivity contribution in [2.24, 2.45) is 0 Å². The number of rotatable bonds is 4. The second-order valence-electron chi connectivity index (χ2n) is 8.72. The third kappa shape index (κ3) is 3.73. The minimum Gasteiger partial charge on any atom is -0.350 e. The Morgan fingerprint density at radius 1 is 0.688 bits per heavy atom. The van der Waals surface area contributed by atoms with E-state index in [0.29, 0.717) is 17.0 Å². The van der Waals surface area contributed by atoms with Crippen LogP contribution in [0, 0.1) is 41.5 Å². The van der Waals surface area contributed by atoms with E-state index in [1.165, 1.54) is 4.90 Å². The molecule has 0 spiro atoms. The van der Waals surface area contributed by atoms with E-state index in [1.54, 1.807) is 0 Å². The highest BCUT2D eigenvalue weighted by Crippen LogP contribution is 2.36. The van der Waals surface area contributed by atoms with Crippen LogP contribution in [0.1, 0.15) is 38.9 Å². The van der Waals surface area contributed by atoms with E-state index in [2.05, 4.69) is 11.4 Å². The highest BCUT2D eigenvalue weighted by molar-refractivity contribution is 6.46. The number of hydrogen-bond donors (Lipinski definition) is 1. The number of hydrogen-bond acceptors (Lipinski definition) is 3. The van der Waals surface area contributed by atoms with Gasteiger partial charge in [-0.15, -0.1) is 0 Å². The Labute approximate surface area is 189 Å². The number of nitrogens with zero attached hydrogens (tertiary/aromatic N) is 1. The molecule has 0 saturated carbocycles. The van der Waals surface area contributed by atoms with Gasteiger partial charge in [0.2, 0.25) is 0 Å². The molecule has 2 amide bonds. The lowest BCUT2D eigenvalue weighted by atomic mass is 9.99. The van der Waals surface area contributed by atoms with E-state index in [-0.39, 0.29) is 11.8 Å². The molecule has 0 atom stereocenters. The maximum Gasteiger partial charge on any atom is 0.282 e. The van der Waals surface area contributed by atoms with Gasteiger partial charge in [-0.2, -0.15) is 0 Å². The van der Waals surface area contributed by atoms with E-state index < -0.39 is 0 Å². The van der Waals surface area contributed by atoms with Crippen LogP contribution in [-0.4, -0.2) is 11.8 Å². The van der Waals surface area contributed by atoms with Gasteiger partial charge < -0.3 is 5.32 Å². The van der Waals surface area contributed by atoms with Crippen molar-refractivity contribution in [2.45, 2.75) is 41.5 Å². The summed E-state index contributed by atoms with van der Waals surface area (Å²) in [7, 11) is 0. The fourth-order valence-electron chi connectivity index (χ4n) is 4.20. The van der Waals surface area contributed by atoms with Gasteiger partial charge in [0, 0.05) is 5.69 Å². The highest BCUT2D eigenvalue weighted by Gasteiger charge is 2.41. The van der Waals surface area contributed by atoms with Gasteiger partial charge in [-0.05, 0) is 98.7 Å². The van der Waals surface area contributed by atoms with E-state index in [1.807, 2.05) is 90.1 Å². The van der Waals surface area contributed by atoms with Crippen LogP contribution in [-0.2, 0) is 9.59 Å². The van der Waals surface area contributed by atoms with Crippen molar-refractivity contribution in [1.29, 1.82) is 0 Å². The van der Waals surface area contributed by atoms with Crippen molar-refractivity contribution >= 4 is 28.8 Å². The van der Waals surface area contributed by atoms with Crippen molar-refractivity contribution in [2.75, 3.05) is 10.2 Å². The lowest BCUT2D eigenvalue weighted by Gasteiger charge is -2.19. The standard InChI is InChI=1S/C28H28N2O2/c1-16-12-17(2)14-23(13-16)29-26-25(22-11-10-18(3)20(5)15-22)27(31)30(28(26)32)24-9-7-8-19(4)21(24)6/h7-15,29H,1-6H3. The first kappa shape index (κ1) is 21.6. The number of carbonyl (C=O) groups excluding carboxylic acids is 2. The Kier molecular flexibility index (Phi) is 5.47. The molecule has 0 radical (unpaired) electrons. The minimum absolute atomic E-state index is 0.307. The third-order valence-corrected chi connectivity index (χ3v) is 6.19. The third-order valence-electron chi connectivity index (χ3n) is 6.19. The number of imide groups is 1. The summed E-state index contributed by atoms with van der Waals surface area (Å²) in [4.78, 5) is 28.7. The zero-order valence-electron chi connectivity index (χ0n) is 19.5. The van der Waals surface area contributed by atoms with Gasteiger partial charge in [-0.3, -0.25) is 9.59 Å². The average molecular weight is 425 g/mol. The molecule has 0 saturated heterocycles. The molecule has 4 heteroatoms. The summed E-state index contributed by atoms with van der Waals surface area (Å²) in [6, 6.07) is 17.6. The van der Waals surface area contributed by atoms with Gasteiger partial charge in [0.15, 0.2) is 0 Å². The maximum absolute atomic E-state index is 13.7. The topological polar surface area (TPSA) is 49.4 Å². The Balaban J connectivity index is 1.89. The smallest absolute Gasteiger partial charge is 0.282 e. The van der Waals surface area contributed by atoms with Crippen molar-refractivity contribution in [3.63, 3.8) is 0 Å². The van der Waals surface area contributed by atoms with E-state index in [9.17, 15) is 9.59 Å². The number of amides is 2. The number of aryl methyl sites for hydroxylation is 5. The van der Waals surface area contributed by atoms with Crippen molar-refractivity contribution in [1.82, 2.24) is 0 Å². The number of carbonyl (C=O) groups is 2. The average Bonchev–Trinajstić information content (AvgIpc) is 2.95. The Bertz CT molecular complexity index is 1280. The number of anilines is 2. The van der Waals surface area contributed by atoms with E-state index in [0.717, 1.165) is 44.6 Å². The quantitative estimate of drug-likeness (QED) is 0.528. The lowest BCUT2D eigenvalue weighted by Crippen LogP contribution is -2.33. The normalized spacial score (nSPS) is 13.9. The first-order valence-electron chi connectivity index (χ1n) is 10.8. The molecule has 0 unspecified atom stereocenters. The van der Waals surface area contributed by atoms with Crippen LogP contribution < -0.4 is 10.2 Å². The molecule has 1 N–H and O–H groups in total. The number of benzene rings is 3. The SMILES string of the molecule is Cc1cc(C)cc(NC2=C(c3ccc(C)c(C)c3)C(=O)N(c3cccc(C)c3C)C2=O)c1.